The maximum atomic E-state index is 9.42. The van der Waals surface area contributed by atoms with Gasteiger partial charge in [0.1, 0.15) is 0 Å². The lowest BCUT2D eigenvalue weighted by Gasteiger charge is -2.22. The Balaban J connectivity index is 0. The van der Waals surface area contributed by atoms with Crippen LogP contribution in [0.3, 0.4) is 0 Å². The Bertz CT molecular complexity index is 141. The van der Waals surface area contributed by atoms with E-state index in [4.69, 9.17) is 0 Å². The number of carbonyl (C=O) groups excluding carboxylic acids is 1. The highest BCUT2D eigenvalue weighted by molar-refractivity contribution is 5.53. The van der Waals surface area contributed by atoms with E-state index in [-0.39, 0.29) is 6.61 Å². The van der Waals surface area contributed by atoms with Gasteiger partial charge in [0.2, 0.25) is 0 Å². The van der Waals surface area contributed by atoms with E-state index >= 15 is 0 Å². The van der Waals surface area contributed by atoms with Crippen LogP contribution in [0.5, 0.6) is 0 Å². The highest BCUT2D eigenvalue weighted by Gasteiger charge is 2.01. The average molecular weight is 205 g/mol. The molecule has 4 nitrogen and oxygen atoms in total. The largest absolute Gasteiger partial charge is 0.550 e. The number of carbonyl (C=O) groups is 1. The molecule has 0 fully saturated rings. The molecule has 0 aromatic rings. The summed E-state index contributed by atoms with van der Waals surface area (Å²) in [5.41, 5.74) is 0. The van der Waals surface area contributed by atoms with Crippen LogP contribution in [0.2, 0.25) is 0 Å². The Morgan fingerprint density at radius 1 is 1.21 bits per heavy atom. The van der Waals surface area contributed by atoms with Crippen molar-refractivity contribution >= 4 is 6.16 Å². The van der Waals surface area contributed by atoms with Crippen LogP contribution in [-0.4, -0.2) is 44.9 Å². The van der Waals surface area contributed by atoms with Gasteiger partial charge in [-0.05, 0) is 12.8 Å². The summed E-state index contributed by atoms with van der Waals surface area (Å²) in [6.07, 6.45) is 0.541. The number of hydrogen-bond donors (Lipinski definition) is 0. The van der Waals surface area contributed by atoms with Crippen molar-refractivity contribution in [1.82, 2.24) is 0 Å². The van der Waals surface area contributed by atoms with Crippen molar-refractivity contribution in [2.75, 3.05) is 34.3 Å². The summed E-state index contributed by atoms with van der Waals surface area (Å²) in [5, 5.41) is 9.42. The summed E-state index contributed by atoms with van der Waals surface area (Å²) in [7, 11) is 6.64. The molecule has 0 saturated carbocycles. The van der Waals surface area contributed by atoms with Gasteiger partial charge in [-0.15, -0.1) is 0 Å². The summed E-state index contributed by atoms with van der Waals surface area (Å²) in [6.45, 7) is 5.55. The van der Waals surface area contributed by atoms with Crippen molar-refractivity contribution in [3.8, 4) is 0 Å². The molecule has 0 bridgehead atoms. The van der Waals surface area contributed by atoms with Crippen LogP contribution in [0, 0.1) is 0 Å². The Hall–Kier alpha value is -0.770. The van der Waals surface area contributed by atoms with Gasteiger partial charge in [0, 0.05) is 6.61 Å². The number of hydrogen-bond acceptors (Lipinski definition) is 3. The molecular formula is C10H23NO3. The Labute approximate surface area is 87.1 Å². The van der Waals surface area contributed by atoms with Crippen LogP contribution in [-0.2, 0) is 4.74 Å². The van der Waals surface area contributed by atoms with E-state index in [1.54, 1.807) is 0 Å². The smallest absolute Gasteiger partial charge is 0.251 e. The molecule has 0 heterocycles. The average Bonchev–Trinajstić information content (AvgIpc) is 1.99. The predicted octanol–water partition coefficient (Wildman–Crippen LogP) is 0.859. The minimum Gasteiger partial charge on any atom is -0.550 e. The van der Waals surface area contributed by atoms with Crippen LogP contribution in [0.4, 0.5) is 4.79 Å². The molecule has 86 valence electrons. The molecule has 0 aromatic heterocycles. The molecule has 0 radical (unpaired) electrons. The Morgan fingerprint density at radius 2 is 1.71 bits per heavy atom. The fourth-order valence-electron chi connectivity index (χ4n) is 0.856. The molecular weight excluding hydrogens is 182 g/mol. The molecule has 4 heteroatoms. The van der Waals surface area contributed by atoms with Gasteiger partial charge in [0.05, 0.1) is 27.7 Å². The maximum absolute atomic E-state index is 9.42. The predicted molar refractivity (Wildman–Crippen MR) is 54.8 cm³/mol. The van der Waals surface area contributed by atoms with Crippen molar-refractivity contribution in [1.29, 1.82) is 0 Å². The van der Waals surface area contributed by atoms with Gasteiger partial charge in [-0.25, -0.2) is 0 Å². The summed E-state index contributed by atoms with van der Waals surface area (Å²) in [6, 6.07) is 0. The standard InChI is InChI=1S/C6H16N.C4H8O3/c1-5-6-7(2,3)4;1-2-3-7-4(5)6/h5-6H2,1-4H3;2-3H2,1H3,(H,5,6)/q+1;/p-1. The van der Waals surface area contributed by atoms with E-state index in [9.17, 15) is 9.90 Å². The van der Waals surface area contributed by atoms with Crippen LogP contribution in [0.25, 0.3) is 0 Å². The first kappa shape index (κ1) is 15.7. The third-order valence-electron chi connectivity index (χ3n) is 1.32. The van der Waals surface area contributed by atoms with Crippen LogP contribution < -0.4 is 5.11 Å². The van der Waals surface area contributed by atoms with Crippen LogP contribution >= 0.6 is 0 Å². The molecule has 0 aliphatic heterocycles. The van der Waals surface area contributed by atoms with E-state index in [1.165, 1.54) is 13.0 Å². The summed E-state index contributed by atoms with van der Waals surface area (Å²) in [4.78, 5) is 9.42. The molecule has 0 N–H and O–H groups in total. The number of nitrogens with zero attached hydrogens (tertiary/aromatic N) is 1. The van der Waals surface area contributed by atoms with Crippen molar-refractivity contribution in [3.05, 3.63) is 0 Å². The van der Waals surface area contributed by atoms with Crippen LogP contribution in [0.15, 0.2) is 0 Å². The number of quaternary nitrogens is 1. The highest BCUT2D eigenvalue weighted by Crippen LogP contribution is 1.90. The first-order valence-electron chi connectivity index (χ1n) is 4.97. The fraction of sp³-hybridized carbons (Fsp3) is 0.900. The number of ether oxygens (including phenoxy) is 1. The fourth-order valence-corrected chi connectivity index (χ4v) is 0.856. The second-order valence-electron chi connectivity index (χ2n) is 4.11. The first-order chi connectivity index (χ1) is 6.33. The van der Waals surface area contributed by atoms with E-state index in [2.05, 4.69) is 32.8 Å². The number of rotatable bonds is 4. The van der Waals surface area contributed by atoms with E-state index in [0.29, 0.717) is 6.42 Å². The molecule has 0 atom stereocenters. The van der Waals surface area contributed by atoms with Gasteiger partial charge < -0.3 is 19.1 Å². The van der Waals surface area contributed by atoms with Crippen molar-refractivity contribution in [2.24, 2.45) is 0 Å². The zero-order chi connectivity index (χ0) is 11.6. The van der Waals surface area contributed by atoms with Crippen molar-refractivity contribution in [3.63, 3.8) is 0 Å². The van der Waals surface area contributed by atoms with Gasteiger partial charge in [-0.3, -0.25) is 0 Å². The van der Waals surface area contributed by atoms with Crippen molar-refractivity contribution in [2.45, 2.75) is 26.7 Å². The lowest BCUT2D eigenvalue weighted by Crippen LogP contribution is -2.34. The van der Waals surface area contributed by atoms with Crippen LogP contribution in [0.1, 0.15) is 26.7 Å². The molecule has 0 aromatic carbocycles. The second kappa shape index (κ2) is 8.81. The van der Waals surface area contributed by atoms with E-state index < -0.39 is 6.16 Å². The molecule has 0 aliphatic carbocycles. The molecule has 14 heavy (non-hydrogen) atoms. The van der Waals surface area contributed by atoms with Gasteiger partial charge in [0.15, 0.2) is 0 Å². The van der Waals surface area contributed by atoms with Gasteiger partial charge in [-0.2, -0.15) is 0 Å². The number of carboxylic acid groups (broad SMARTS) is 1. The normalized spacial score (nSPS) is 10.1. The quantitative estimate of drug-likeness (QED) is 0.505. The lowest BCUT2D eigenvalue weighted by molar-refractivity contribution is -0.870. The summed E-state index contributed by atoms with van der Waals surface area (Å²) >= 11 is 0. The Morgan fingerprint density at radius 3 is 1.79 bits per heavy atom. The van der Waals surface area contributed by atoms with Gasteiger partial charge >= 0.3 is 0 Å². The minimum absolute atomic E-state index is 0.238. The molecule has 0 saturated heterocycles. The second-order valence-corrected chi connectivity index (χ2v) is 4.11. The van der Waals surface area contributed by atoms with Gasteiger partial charge in [0.25, 0.3) is 6.16 Å². The summed E-state index contributed by atoms with van der Waals surface area (Å²) < 4.78 is 5.09. The SMILES string of the molecule is CCCOC(=O)[O-].CCC[N+](C)(C)C. The first-order valence-corrected chi connectivity index (χ1v) is 4.97. The molecule has 0 rings (SSSR count). The summed E-state index contributed by atoms with van der Waals surface area (Å²) in [5.74, 6) is 0. The van der Waals surface area contributed by atoms with E-state index in [0.717, 1.165) is 4.48 Å². The van der Waals surface area contributed by atoms with Gasteiger partial charge in [-0.1, -0.05) is 13.8 Å². The van der Waals surface area contributed by atoms with Crippen molar-refractivity contribution < 1.29 is 19.1 Å². The molecule has 0 unspecified atom stereocenters. The molecule has 0 spiro atoms. The third-order valence-corrected chi connectivity index (χ3v) is 1.32. The maximum Gasteiger partial charge on any atom is 0.251 e. The topological polar surface area (TPSA) is 49.4 Å². The Kier molecular flexibility index (Phi) is 9.88. The molecule has 0 amide bonds. The lowest BCUT2D eigenvalue weighted by atomic mass is 10.4. The monoisotopic (exact) mass is 205 g/mol. The third kappa shape index (κ3) is 22.5. The van der Waals surface area contributed by atoms with E-state index in [1.807, 2.05) is 6.92 Å². The zero-order valence-electron chi connectivity index (χ0n) is 10.0. The highest BCUT2D eigenvalue weighted by atomic mass is 16.7. The molecule has 0 aliphatic rings. The minimum atomic E-state index is -1.44. The zero-order valence-corrected chi connectivity index (χ0v) is 10.0.